The number of ether oxygens (including phenoxy) is 2. The van der Waals surface area contributed by atoms with Crippen LogP contribution in [0.1, 0.15) is 18.2 Å². The van der Waals surface area contributed by atoms with Gasteiger partial charge in [-0.25, -0.2) is 0 Å². The topological polar surface area (TPSA) is 48.3 Å². The summed E-state index contributed by atoms with van der Waals surface area (Å²) in [5.74, 6) is 1.26. The van der Waals surface area contributed by atoms with Crippen LogP contribution in [0, 0.1) is 0 Å². The molecule has 2 aromatic rings. The number of halogens is 1. The highest BCUT2D eigenvalue weighted by molar-refractivity contribution is 6.33. The summed E-state index contributed by atoms with van der Waals surface area (Å²) in [4.78, 5) is 0. The second-order valence-electron chi connectivity index (χ2n) is 4.67. The summed E-state index contributed by atoms with van der Waals surface area (Å²) in [6, 6.07) is 3.58. The van der Waals surface area contributed by atoms with E-state index in [9.17, 15) is 0 Å². The summed E-state index contributed by atoms with van der Waals surface area (Å²) in [5.41, 5.74) is 3.05. The Morgan fingerprint density at radius 1 is 1.24 bits per heavy atom. The summed E-state index contributed by atoms with van der Waals surface area (Å²) in [6.45, 7) is 2.75. The molecule has 0 aliphatic heterocycles. The van der Waals surface area contributed by atoms with Gasteiger partial charge in [0.1, 0.15) is 0 Å². The summed E-state index contributed by atoms with van der Waals surface area (Å²) in [5, 5.41) is 8.34. The molecule has 5 nitrogen and oxygen atoms in total. The first-order valence-corrected chi connectivity index (χ1v) is 7.13. The average Bonchev–Trinajstić information content (AvgIpc) is 2.85. The lowest BCUT2D eigenvalue weighted by atomic mass is 10.2. The minimum Gasteiger partial charge on any atom is -0.493 e. The van der Waals surface area contributed by atoms with E-state index in [2.05, 4.69) is 17.3 Å². The molecule has 0 aliphatic rings. The lowest BCUT2D eigenvalue weighted by molar-refractivity contribution is 0.355. The Morgan fingerprint density at radius 2 is 1.90 bits per heavy atom. The zero-order chi connectivity index (χ0) is 15.4. The molecular formula is C15H20ClN3O2. The molecule has 2 rings (SSSR count). The molecule has 1 aromatic carbocycles. The molecule has 0 bridgehead atoms. The van der Waals surface area contributed by atoms with E-state index >= 15 is 0 Å². The van der Waals surface area contributed by atoms with E-state index in [-0.39, 0.29) is 0 Å². The number of methoxy groups -OCH3 is 2. The normalized spacial score (nSPS) is 10.5. The van der Waals surface area contributed by atoms with Crippen LogP contribution < -0.4 is 14.8 Å². The first kappa shape index (κ1) is 15.5. The Hall–Kier alpha value is -1.88. The third kappa shape index (κ3) is 3.42. The monoisotopic (exact) mass is 309 g/mol. The Kier molecular flexibility index (Phi) is 4.96. The summed E-state index contributed by atoms with van der Waals surface area (Å²) < 4.78 is 12.3. The molecule has 0 amide bonds. The van der Waals surface area contributed by atoms with Crippen molar-refractivity contribution in [1.82, 2.24) is 9.78 Å². The van der Waals surface area contributed by atoms with Crippen LogP contribution in [-0.2, 0) is 20.0 Å². The fraction of sp³-hybridized carbons (Fsp3) is 0.400. The van der Waals surface area contributed by atoms with Crippen molar-refractivity contribution in [2.75, 3.05) is 19.5 Å². The SMILES string of the molecule is CCc1nn(C)cc1CNc1cc(OC)c(OC)cc1Cl. The predicted octanol–water partition coefficient (Wildman–Crippen LogP) is 3.27. The van der Waals surface area contributed by atoms with Crippen LogP contribution in [0.5, 0.6) is 11.5 Å². The molecule has 0 radical (unpaired) electrons. The van der Waals surface area contributed by atoms with Crippen LogP contribution in [0.15, 0.2) is 18.3 Å². The van der Waals surface area contributed by atoms with Crippen molar-refractivity contribution >= 4 is 17.3 Å². The molecule has 0 saturated carbocycles. The van der Waals surface area contributed by atoms with Crippen molar-refractivity contribution in [3.05, 3.63) is 34.6 Å². The number of rotatable bonds is 6. The van der Waals surface area contributed by atoms with E-state index < -0.39 is 0 Å². The van der Waals surface area contributed by atoms with Crippen molar-refractivity contribution < 1.29 is 9.47 Å². The zero-order valence-electron chi connectivity index (χ0n) is 12.7. The predicted molar refractivity (Wildman–Crippen MR) is 84.5 cm³/mol. The largest absolute Gasteiger partial charge is 0.493 e. The number of hydrogen-bond donors (Lipinski definition) is 1. The number of benzene rings is 1. The molecule has 1 heterocycles. The molecule has 0 spiro atoms. The van der Waals surface area contributed by atoms with E-state index in [1.165, 1.54) is 0 Å². The van der Waals surface area contributed by atoms with Gasteiger partial charge < -0.3 is 14.8 Å². The van der Waals surface area contributed by atoms with Gasteiger partial charge in [-0.2, -0.15) is 5.10 Å². The van der Waals surface area contributed by atoms with Gasteiger partial charge in [-0.15, -0.1) is 0 Å². The number of nitrogens with one attached hydrogen (secondary N) is 1. The van der Waals surface area contributed by atoms with Crippen molar-refractivity contribution in [3.8, 4) is 11.5 Å². The van der Waals surface area contributed by atoms with E-state index in [1.54, 1.807) is 20.3 Å². The molecule has 114 valence electrons. The van der Waals surface area contributed by atoms with E-state index in [4.69, 9.17) is 21.1 Å². The van der Waals surface area contributed by atoms with Gasteiger partial charge >= 0.3 is 0 Å². The van der Waals surface area contributed by atoms with E-state index in [1.807, 2.05) is 24.0 Å². The Balaban J connectivity index is 2.19. The maximum Gasteiger partial charge on any atom is 0.162 e. The number of aryl methyl sites for hydroxylation is 2. The molecule has 0 saturated heterocycles. The van der Waals surface area contributed by atoms with Crippen LogP contribution in [0.3, 0.4) is 0 Å². The average molecular weight is 310 g/mol. The summed E-state index contributed by atoms with van der Waals surface area (Å²) in [6.07, 6.45) is 2.91. The number of hydrogen-bond acceptors (Lipinski definition) is 4. The van der Waals surface area contributed by atoms with Gasteiger partial charge in [0.25, 0.3) is 0 Å². The van der Waals surface area contributed by atoms with Gasteiger partial charge in [-0.1, -0.05) is 18.5 Å². The molecule has 0 unspecified atom stereocenters. The van der Waals surface area contributed by atoms with Crippen molar-refractivity contribution in [3.63, 3.8) is 0 Å². The maximum absolute atomic E-state index is 6.26. The van der Waals surface area contributed by atoms with Gasteiger partial charge in [0.05, 0.1) is 30.6 Å². The molecule has 0 aliphatic carbocycles. The molecule has 21 heavy (non-hydrogen) atoms. The van der Waals surface area contributed by atoms with E-state index in [0.29, 0.717) is 23.1 Å². The van der Waals surface area contributed by atoms with Crippen molar-refractivity contribution in [2.45, 2.75) is 19.9 Å². The third-order valence-corrected chi connectivity index (χ3v) is 3.58. The molecule has 1 N–H and O–H groups in total. The second kappa shape index (κ2) is 6.72. The quantitative estimate of drug-likeness (QED) is 0.889. The zero-order valence-corrected chi connectivity index (χ0v) is 13.5. The second-order valence-corrected chi connectivity index (χ2v) is 5.08. The van der Waals surface area contributed by atoms with Crippen molar-refractivity contribution in [1.29, 1.82) is 0 Å². The first-order chi connectivity index (χ1) is 10.1. The van der Waals surface area contributed by atoms with Crippen LogP contribution in [0.2, 0.25) is 5.02 Å². The Labute approximate surface area is 129 Å². The van der Waals surface area contributed by atoms with E-state index in [0.717, 1.165) is 23.4 Å². The first-order valence-electron chi connectivity index (χ1n) is 6.75. The van der Waals surface area contributed by atoms with Gasteiger partial charge in [-0.3, -0.25) is 4.68 Å². The van der Waals surface area contributed by atoms with Crippen LogP contribution in [0.25, 0.3) is 0 Å². The molecule has 1 aromatic heterocycles. The highest BCUT2D eigenvalue weighted by atomic mass is 35.5. The van der Waals surface area contributed by atoms with Gasteiger partial charge in [0.2, 0.25) is 0 Å². The van der Waals surface area contributed by atoms with Crippen LogP contribution >= 0.6 is 11.6 Å². The number of aromatic nitrogens is 2. The van der Waals surface area contributed by atoms with Gasteiger partial charge in [-0.05, 0) is 6.42 Å². The Bertz CT molecular complexity index is 626. The van der Waals surface area contributed by atoms with Gasteiger partial charge in [0.15, 0.2) is 11.5 Å². The molecule has 0 fully saturated rings. The molecule has 0 atom stereocenters. The fourth-order valence-corrected chi connectivity index (χ4v) is 2.43. The van der Waals surface area contributed by atoms with Crippen molar-refractivity contribution in [2.24, 2.45) is 7.05 Å². The number of anilines is 1. The standard InChI is InChI=1S/C15H20ClN3O2/c1-5-12-10(9-19(2)18-12)8-17-13-7-15(21-4)14(20-3)6-11(13)16/h6-7,9,17H,5,8H2,1-4H3. The summed E-state index contributed by atoms with van der Waals surface area (Å²) >= 11 is 6.26. The third-order valence-electron chi connectivity index (χ3n) is 3.27. The minimum absolute atomic E-state index is 0.592. The van der Waals surface area contributed by atoms with Crippen LogP contribution in [0.4, 0.5) is 5.69 Å². The van der Waals surface area contributed by atoms with Crippen LogP contribution in [-0.4, -0.2) is 24.0 Å². The highest BCUT2D eigenvalue weighted by Gasteiger charge is 2.11. The smallest absolute Gasteiger partial charge is 0.162 e. The molecule has 6 heteroatoms. The summed E-state index contributed by atoms with van der Waals surface area (Å²) in [7, 11) is 5.11. The highest BCUT2D eigenvalue weighted by Crippen LogP contribution is 2.36. The fourth-order valence-electron chi connectivity index (χ4n) is 2.21. The maximum atomic E-state index is 6.26. The minimum atomic E-state index is 0.592. The number of nitrogens with zero attached hydrogens (tertiary/aromatic N) is 2. The lowest BCUT2D eigenvalue weighted by Crippen LogP contribution is -2.02. The Morgan fingerprint density at radius 3 is 2.52 bits per heavy atom. The lowest BCUT2D eigenvalue weighted by Gasteiger charge is -2.13. The van der Waals surface area contributed by atoms with Gasteiger partial charge in [0, 0.05) is 37.5 Å². The molecular weight excluding hydrogens is 290 g/mol.